The minimum absolute atomic E-state index is 0.225. The third kappa shape index (κ3) is 4.95. The summed E-state index contributed by atoms with van der Waals surface area (Å²) in [5.41, 5.74) is 3.33. The molecule has 8 heteroatoms. The molecule has 1 aromatic heterocycles. The second-order valence-electron chi connectivity index (χ2n) is 5.34. The van der Waals surface area contributed by atoms with E-state index in [0.717, 1.165) is 4.88 Å². The SMILES string of the molecule is O=C(Nc1ccccc1C(=O)N/N=C\c1cccs1)c1ccc(Cl)cc1Cl. The highest BCUT2D eigenvalue weighted by molar-refractivity contribution is 7.11. The molecule has 2 N–H and O–H groups in total. The fraction of sp³-hybridized carbons (Fsp3) is 0. The summed E-state index contributed by atoms with van der Waals surface area (Å²) in [7, 11) is 0. The Labute approximate surface area is 169 Å². The third-order valence-corrected chi connectivity index (χ3v) is 4.85. The van der Waals surface area contributed by atoms with Crippen LogP contribution in [0.5, 0.6) is 0 Å². The standard InChI is InChI=1S/C19H13Cl2N3O2S/c20-12-7-8-14(16(21)10-12)18(25)23-17-6-2-1-5-15(17)19(26)24-22-11-13-4-3-9-27-13/h1-11H,(H,23,25)(H,24,26)/b22-11-. The number of nitrogens with one attached hydrogen (secondary N) is 2. The minimum atomic E-state index is -0.445. The molecule has 0 aliphatic heterocycles. The summed E-state index contributed by atoms with van der Waals surface area (Å²) >= 11 is 13.4. The summed E-state index contributed by atoms with van der Waals surface area (Å²) in [6, 6.07) is 15.0. The number of hydrazone groups is 1. The van der Waals surface area contributed by atoms with Gasteiger partial charge in [0, 0.05) is 9.90 Å². The van der Waals surface area contributed by atoms with Crippen molar-refractivity contribution in [1.29, 1.82) is 0 Å². The lowest BCUT2D eigenvalue weighted by Crippen LogP contribution is -2.21. The summed E-state index contributed by atoms with van der Waals surface area (Å²) in [6.45, 7) is 0. The van der Waals surface area contributed by atoms with Crippen LogP contribution in [0.4, 0.5) is 5.69 Å². The van der Waals surface area contributed by atoms with Gasteiger partial charge in [-0.2, -0.15) is 5.10 Å². The molecule has 27 heavy (non-hydrogen) atoms. The number of hydrogen-bond donors (Lipinski definition) is 2. The summed E-state index contributed by atoms with van der Waals surface area (Å²) in [5.74, 6) is -0.889. The second-order valence-corrected chi connectivity index (χ2v) is 7.16. The lowest BCUT2D eigenvalue weighted by atomic mass is 10.1. The molecule has 5 nitrogen and oxygen atoms in total. The molecule has 0 bridgehead atoms. The van der Waals surface area contributed by atoms with Crippen molar-refractivity contribution in [3.05, 3.63) is 86.0 Å². The molecule has 0 saturated carbocycles. The number of halogens is 2. The average Bonchev–Trinajstić information content (AvgIpc) is 3.15. The monoisotopic (exact) mass is 417 g/mol. The third-order valence-electron chi connectivity index (χ3n) is 3.50. The van der Waals surface area contributed by atoms with E-state index < -0.39 is 11.8 Å². The number of hydrogen-bond acceptors (Lipinski definition) is 4. The van der Waals surface area contributed by atoms with Crippen LogP contribution in [-0.2, 0) is 0 Å². The summed E-state index contributed by atoms with van der Waals surface area (Å²) in [5, 5.41) is 9.19. The first-order valence-corrected chi connectivity index (χ1v) is 9.40. The van der Waals surface area contributed by atoms with Gasteiger partial charge in [-0.05, 0) is 41.8 Å². The molecule has 0 aliphatic carbocycles. The molecule has 0 aliphatic rings. The lowest BCUT2D eigenvalue weighted by Gasteiger charge is -2.11. The zero-order valence-electron chi connectivity index (χ0n) is 13.8. The zero-order chi connectivity index (χ0) is 19.2. The van der Waals surface area contributed by atoms with Crippen LogP contribution in [0.15, 0.2) is 65.1 Å². The number of thiophene rings is 1. The first-order valence-electron chi connectivity index (χ1n) is 7.77. The zero-order valence-corrected chi connectivity index (χ0v) is 16.1. The van der Waals surface area contributed by atoms with Crippen LogP contribution in [0, 0.1) is 0 Å². The molecule has 3 rings (SSSR count). The number of carbonyl (C=O) groups excluding carboxylic acids is 2. The van der Waals surface area contributed by atoms with Crippen molar-refractivity contribution in [2.75, 3.05) is 5.32 Å². The molecular formula is C19H13Cl2N3O2S. The Balaban J connectivity index is 1.75. The molecular weight excluding hydrogens is 405 g/mol. The van der Waals surface area contributed by atoms with Crippen LogP contribution >= 0.6 is 34.5 Å². The molecule has 1 heterocycles. The number of carbonyl (C=O) groups is 2. The van der Waals surface area contributed by atoms with Crippen molar-refractivity contribution in [3.63, 3.8) is 0 Å². The number of benzene rings is 2. The Morgan fingerprint density at radius 2 is 1.78 bits per heavy atom. The van der Waals surface area contributed by atoms with Crippen LogP contribution in [0.1, 0.15) is 25.6 Å². The van der Waals surface area contributed by atoms with Crippen molar-refractivity contribution in [2.45, 2.75) is 0 Å². The fourth-order valence-electron chi connectivity index (χ4n) is 2.23. The maximum atomic E-state index is 12.5. The van der Waals surface area contributed by atoms with Gasteiger partial charge in [0.15, 0.2) is 0 Å². The Morgan fingerprint density at radius 3 is 2.52 bits per heavy atom. The lowest BCUT2D eigenvalue weighted by molar-refractivity contribution is 0.0956. The van der Waals surface area contributed by atoms with Crippen LogP contribution in [0.25, 0.3) is 0 Å². The fourth-order valence-corrected chi connectivity index (χ4v) is 3.31. The van der Waals surface area contributed by atoms with E-state index in [1.165, 1.54) is 23.5 Å². The first kappa shape index (κ1) is 19.1. The van der Waals surface area contributed by atoms with Crippen molar-refractivity contribution in [1.82, 2.24) is 5.43 Å². The molecule has 2 amide bonds. The maximum Gasteiger partial charge on any atom is 0.273 e. The Bertz CT molecular complexity index is 1000. The number of nitrogens with zero attached hydrogens (tertiary/aromatic N) is 1. The Kier molecular flexibility index (Phi) is 6.24. The predicted octanol–water partition coefficient (Wildman–Crippen LogP) is 5.07. The normalized spacial score (nSPS) is 10.7. The van der Waals surface area contributed by atoms with E-state index in [4.69, 9.17) is 23.2 Å². The van der Waals surface area contributed by atoms with Gasteiger partial charge in [-0.1, -0.05) is 41.4 Å². The molecule has 3 aromatic rings. The van der Waals surface area contributed by atoms with E-state index in [1.54, 1.807) is 36.5 Å². The molecule has 2 aromatic carbocycles. The van der Waals surface area contributed by atoms with E-state index in [0.29, 0.717) is 10.7 Å². The second kappa shape index (κ2) is 8.81. The largest absolute Gasteiger partial charge is 0.321 e. The van der Waals surface area contributed by atoms with Crippen molar-refractivity contribution in [3.8, 4) is 0 Å². The predicted molar refractivity (Wildman–Crippen MR) is 110 cm³/mol. The molecule has 0 radical (unpaired) electrons. The smallest absolute Gasteiger partial charge is 0.273 e. The number of para-hydroxylation sites is 1. The van der Waals surface area contributed by atoms with Crippen LogP contribution in [-0.4, -0.2) is 18.0 Å². The number of rotatable bonds is 5. The van der Waals surface area contributed by atoms with Crippen molar-refractivity contribution < 1.29 is 9.59 Å². The molecule has 0 spiro atoms. The molecule has 0 unspecified atom stereocenters. The first-order chi connectivity index (χ1) is 13.0. The molecule has 0 fully saturated rings. The Hall–Kier alpha value is -2.67. The quantitative estimate of drug-likeness (QED) is 0.449. The molecule has 0 atom stereocenters. The van der Waals surface area contributed by atoms with Gasteiger partial charge in [0.25, 0.3) is 11.8 Å². The van der Waals surface area contributed by atoms with E-state index in [-0.39, 0.29) is 16.1 Å². The van der Waals surface area contributed by atoms with Gasteiger partial charge in [-0.3, -0.25) is 9.59 Å². The number of anilines is 1. The van der Waals surface area contributed by atoms with Gasteiger partial charge in [-0.25, -0.2) is 5.43 Å². The average molecular weight is 418 g/mol. The van der Waals surface area contributed by atoms with Crippen LogP contribution in [0.3, 0.4) is 0 Å². The van der Waals surface area contributed by atoms with Gasteiger partial charge in [-0.15, -0.1) is 11.3 Å². The van der Waals surface area contributed by atoms with Crippen molar-refractivity contribution in [2.24, 2.45) is 5.10 Å². The minimum Gasteiger partial charge on any atom is -0.321 e. The molecule has 0 saturated heterocycles. The van der Waals surface area contributed by atoms with E-state index >= 15 is 0 Å². The summed E-state index contributed by atoms with van der Waals surface area (Å²) in [4.78, 5) is 25.8. The van der Waals surface area contributed by atoms with Crippen LogP contribution < -0.4 is 10.7 Å². The van der Waals surface area contributed by atoms with Crippen LogP contribution in [0.2, 0.25) is 10.0 Å². The summed E-state index contributed by atoms with van der Waals surface area (Å²) in [6.07, 6.45) is 1.55. The highest BCUT2D eigenvalue weighted by Crippen LogP contribution is 2.23. The van der Waals surface area contributed by atoms with Gasteiger partial charge >= 0.3 is 0 Å². The topological polar surface area (TPSA) is 70.6 Å². The molecule has 136 valence electrons. The summed E-state index contributed by atoms with van der Waals surface area (Å²) < 4.78 is 0. The van der Waals surface area contributed by atoms with E-state index in [1.807, 2.05) is 17.5 Å². The maximum absolute atomic E-state index is 12.5. The highest BCUT2D eigenvalue weighted by Gasteiger charge is 2.15. The van der Waals surface area contributed by atoms with Gasteiger partial charge in [0.05, 0.1) is 28.1 Å². The van der Waals surface area contributed by atoms with Gasteiger partial charge < -0.3 is 5.32 Å². The Morgan fingerprint density at radius 1 is 0.963 bits per heavy atom. The highest BCUT2D eigenvalue weighted by atomic mass is 35.5. The number of amides is 2. The van der Waals surface area contributed by atoms with E-state index in [9.17, 15) is 9.59 Å². The van der Waals surface area contributed by atoms with E-state index in [2.05, 4.69) is 15.8 Å². The van der Waals surface area contributed by atoms with Gasteiger partial charge in [0.1, 0.15) is 0 Å². The van der Waals surface area contributed by atoms with Gasteiger partial charge in [0.2, 0.25) is 0 Å². The van der Waals surface area contributed by atoms with Crippen molar-refractivity contribution >= 4 is 58.3 Å².